The van der Waals surface area contributed by atoms with Gasteiger partial charge in [-0.25, -0.2) is 13.8 Å². The molecule has 1 aromatic rings. The molecular weight excluding hydrogens is 140 g/mol. The second kappa shape index (κ2) is 4.84. The highest BCUT2D eigenvalue weighted by atomic mass is 19.3. The molecule has 0 aliphatic heterocycles. The number of aromatic amines is 1. The molecule has 0 fully saturated rings. The van der Waals surface area contributed by atoms with Crippen LogP contribution >= 0.6 is 0 Å². The van der Waals surface area contributed by atoms with Gasteiger partial charge in [-0.3, -0.25) is 5.10 Å². The molecule has 1 heterocycles. The second-order valence-electron chi connectivity index (χ2n) is 1.17. The third-order valence-electron chi connectivity index (χ3n) is 0.640. The normalized spacial score (nSPS) is 8.90. The highest BCUT2D eigenvalue weighted by Gasteiger charge is 2.07. The molecule has 5 heteroatoms. The summed E-state index contributed by atoms with van der Waals surface area (Å²) in [6.07, 6.45) is -1.50. The van der Waals surface area contributed by atoms with Crippen molar-refractivity contribution < 1.29 is 8.78 Å². The smallest absolute Gasteiger partial charge is 0.258 e. The summed E-state index contributed by atoms with van der Waals surface area (Å²) in [6.45, 7) is 4.00. The van der Waals surface area contributed by atoms with Crippen molar-refractivity contribution in [3.63, 3.8) is 0 Å². The Morgan fingerprint density at radius 2 is 2.10 bits per heavy atom. The minimum absolute atomic E-state index is 0.384. The molecule has 0 amide bonds. The maximum Gasteiger partial charge on any atom is 0.296 e. The average molecular weight is 149 g/mol. The number of halogens is 2. The lowest BCUT2D eigenvalue weighted by Crippen LogP contribution is -1.85. The van der Waals surface area contributed by atoms with Crippen LogP contribution < -0.4 is 0 Å². The number of nitrogens with zero attached hydrogens (tertiary/aromatic N) is 2. The number of aromatic nitrogens is 3. The van der Waals surface area contributed by atoms with Crippen LogP contribution in [-0.4, -0.2) is 15.2 Å². The van der Waals surface area contributed by atoms with Gasteiger partial charge in [-0.2, -0.15) is 5.10 Å². The van der Waals surface area contributed by atoms with Crippen molar-refractivity contribution in [3.8, 4) is 0 Å². The first-order valence-electron chi connectivity index (χ1n) is 2.94. The van der Waals surface area contributed by atoms with E-state index in [0.717, 1.165) is 6.33 Å². The maximum absolute atomic E-state index is 11.5. The van der Waals surface area contributed by atoms with Crippen LogP contribution in [0.15, 0.2) is 6.33 Å². The lowest BCUT2D eigenvalue weighted by Gasteiger charge is -1.85. The number of alkyl halides is 2. The molecule has 0 atom stereocenters. The molecular formula is C5H9F2N3. The van der Waals surface area contributed by atoms with Gasteiger partial charge in [-0.1, -0.05) is 13.8 Å². The lowest BCUT2D eigenvalue weighted by molar-refractivity contribution is 0.141. The van der Waals surface area contributed by atoms with Crippen molar-refractivity contribution in [1.29, 1.82) is 0 Å². The first kappa shape index (κ1) is 9.00. The molecule has 1 rings (SSSR count). The van der Waals surface area contributed by atoms with Gasteiger partial charge in [0.2, 0.25) is 0 Å². The molecule has 0 saturated heterocycles. The van der Waals surface area contributed by atoms with Crippen LogP contribution in [0.5, 0.6) is 0 Å². The summed E-state index contributed by atoms with van der Waals surface area (Å²) in [5, 5.41) is 5.25. The Morgan fingerprint density at radius 1 is 1.50 bits per heavy atom. The molecule has 10 heavy (non-hydrogen) atoms. The highest BCUT2D eigenvalue weighted by Crippen LogP contribution is 2.10. The van der Waals surface area contributed by atoms with E-state index in [-0.39, 0.29) is 5.82 Å². The van der Waals surface area contributed by atoms with E-state index < -0.39 is 6.43 Å². The standard InChI is InChI=1S/C3H3F2N3.C2H6/c4-2(5)3-6-1-7-8-3;1-2/h1-2H,(H,6,7,8);1-2H3. The summed E-state index contributed by atoms with van der Waals surface area (Å²) in [4.78, 5) is 3.20. The van der Waals surface area contributed by atoms with Crippen molar-refractivity contribution in [1.82, 2.24) is 15.2 Å². The summed E-state index contributed by atoms with van der Waals surface area (Å²) in [5.74, 6) is -0.384. The van der Waals surface area contributed by atoms with Crippen LogP contribution in [0, 0.1) is 0 Å². The number of nitrogens with one attached hydrogen (secondary N) is 1. The Bertz CT molecular complexity index is 150. The van der Waals surface area contributed by atoms with Crippen molar-refractivity contribution in [2.75, 3.05) is 0 Å². The van der Waals surface area contributed by atoms with Crippen molar-refractivity contribution in [3.05, 3.63) is 12.2 Å². The van der Waals surface area contributed by atoms with Gasteiger partial charge in [-0.05, 0) is 0 Å². The van der Waals surface area contributed by atoms with Crippen LogP contribution in [0.2, 0.25) is 0 Å². The van der Waals surface area contributed by atoms with Gasteiger partial charge in [0, 0.05) is 0 Å². The van der Waals surface area contributed by atoms with Gasteiger partial charge in [0.15, 0.2) is 5.82 Å². The van der Waals surface area contributed by atoms with Crippen molar-refractivity contribution >= 4 is 0 Å². The van der Waals surface area contributed by atoms with Gasteiger partial charge in [0.1, 0.15) is 6.33 Å². The molecule has 1 N–H and O–H groups in total. The van der Waals surface area contributed by atoms with Gasteiger partial charge >= 0.3 is 0 Å². The average Bonchev–Trinajstić information content (AvgIpc) is 2.42. The van der Waals surface area contributed by atoms with Crippen molar-refractivity contribution in [2.24, 2.45) is 0 Å². The van der Waals surface area contributed by atoms with Gasteiger partial charge in [-0.15, -0.1) is 0 Å². The Labute approximate surface area is 57.5 Å². The molecule has 58 valence electrons. The molecule has 1 aromatic heterocycles. The fraction of sp³-hybridized carbons (Fsp3) is 0.600. The van der Waals surface area contributed by atoms with E-state index in [4.69, 9.17) is 0 Å². The van der Waals surface area contributed by atoms with E-state index in [9.17, 15) is 8.78 Å². The monoisotopic (exact) mass is 149 g/mol. The minimum Gasteiger partial charge on any atom is -0.258 e. The zero-order valence-corrected chi connectivity index (χ0v) is 5.81. The lowest BCUT2D eigenvalue weighted by atomic mass is 10.7. The van der Waals surface area contributed by atoms with Crippen LogP contribution in [0.1, 0.15) is 26.1 Å². The highest BCUT2D eigenvalue weighted by molar-refractivity contribution is 4.79. The zero-order valence-electron chi connectivity index (χ0n) is 5.81. The summed E-state index contributed by atoms with van der Waals surface area (Å²) in [5.41, 5.74) is 0. The van der Waals surface area contributed by atoms with E-state index in [1.54, 1.807) is 0 Å². The number of rotatable bonds is 1. The van der Waals surface area contributed by atoms with E-state index in [0.29, 0.717) is 0 Å². The largest absolute Gasteiger partial charge is 0.296 e. The molecule has 0 radical (unpaired) electrons. The van der Waals surface area contributed by atoms with Crippen LogP contribution in [0.4, 0.5) is 8.78 Å². The Kier molecular flexibility index (Phi) is 4.36. The van der Waals surface area contributed by atoms with Crippen LogP contribution in [-0.2, 0) is 0 Å². The number of hydrogen-bond acceptors (Lipinski definition) is 2. The summed E-state index contributed by atoms with van der Waals surface area (Å²) < 4.78 is 22.9. The van der Waals surface area contributed by atoms with E-state index in [2.05, 4.69) is 10.1 Å². The maximum atomic E-state index is 11.5. The molecule has 3 nitrogen and oxygen atoms in total. The predicted octanol–water partition coefficient (Wildman–Crippen LogP) is 1.77. The van der Waals surface area contributed by atoms with Crippen LogP contribution in [0.3, 0.4) is 0 Å². The van der Waals surface area contributed by atoms with E-state index in [1.165, 1.54) is 0 Å². The molecule has 0 unspecified atom stereocenters. The van der Waals surface area contributed by atoms with Gasteiger partial charge in [0.25, 0.3) is 6.43 Å². The Morgan fingerprint density at radius 3 is 2.30 bits per heavy atom. The first-order valence-corrected chi connectivity index (χ1v) is 2.94. The van der Waals surface area contributed by atoms with Gasteiger partial charge < -0.3 is 0 Å². The van der Waals surface area contributed by atoms with Crippen LogP contribution in [0.25, 0.3) is 0 Å². The quantitative estimate of drug-likeness (QED) is 0.661. The van der Waals surface area contributed by atoms with Gasteiger partial charge in [0.05, 0.1) is 0 Å². The molecule has 0 aliphatic rings. The molecule has 0 spiro atoms. The Hall–Kier alpha value is -1.00. The minimum atomic E-state index is -2.54. The number of H-pyrrole nitrogens is 1. The molecule has 0 saturated carbocycles. The van der Waals surface area contributed by atoms with E-state index >= 15 is 0 Å². The zero-order chi connectivity index (χ0) is 7.98. The topological polar surface area (TPSA) is 41.6 Å². The van der Waals surface area contributed by atoms with E-state index in [1.807, 2.05) is 18.9 Å². The molecule has 0 aromatic carbocycles. The Balaban J connectivity index is 0.000000371. The third kappa shape index (κ3) is 2.52. The SMILES string of the molecule is CC.FC(F)c1ncn[nH]1. The third-order valence-corrected chi connectivity index (χ3v) is 0.640. The van der Waals surface area contributed by atoms with Crippen molar-refractivity contribution in [2.45, 2.75) is 20.3 Å². The fourth-order valence-electron chi connectivity index (χ4n) is 0.320. The number of hydrogen-bond donors (Lipinski definition) is 1. The molecule has 0 bridgehead atoms. The second-order valence-corrected chi connectivity index (χ2v) is 1.17. The first-order chi connectivity index (χ1) is 4.80. The summed E-state index contributed by atoms with van der Waals surface area (Å²) >= 11 is 0. The predicted molar refractivity (Wildman–Crippen MR) is 32.7 cm³/mol. The molecule has 0 aliphatic carbocycles. The summed E-state index contributed by atoms with van der Waals surface area (Å²) in [6, 6.07) is 0. The fourth-order valence-corrected chi connectivity index (χ4v) is 0.320. The summed E-state index contributed by atoms with van der Waals surface area (Å²) in [7, 11) is 0.